The Balaban J connectivity index is 1.78. The maximum atomic E-state index is 13.6. The van der Waals surface area contributed by atoms with Crippen molar-refractivity contribution in [1.29, 1.82) is 0 Å². The number of allylic oxidation sites excluding steroid dienone is 1. The molecule has 1 amide bonds. The molecule has 0 aliphatic carbocycles. The molecule has 35 heavy (non-hydrogen) atoms. The van der Waals surface area contributed by atoms with Crippen LogP contribution in [0.25, 0.3) is 10.9 Å². The van der Waals surface area contributed by atoms with Crippen molar-refractivity contribution < 1.29 is 24.2 Å². The summed E-state index contributed by atoms with van der Waals surface area (Å²) in [5.41, 5.74) is 1.82. The zero-order valence-electron chi connectivity index (χ0n) is 20.9. The standard InChI is InChI=1S/C28H38N2O5/c1-3-34-28-22(13-11-17-31)23(24-19-30(20(2)32)25-14-8-7-12-21(24)25)18-26(35-28)27(33)29-15-9-5-4-6-10-16-29/h7-8,12,14,18-19,22-23,28,31H,3-6,9-11,13,15-17H2,1-2H3/t22-,23+,28-/m0/s1. The van der Waals surface area contributed by atoms with Gasteiger partial charge in [0.15, 0.2) is 5.76 Å². The molecule has 7 nitrogen and oxygen atoms in total. The summed E-state index contributed by atoms with van der Waals surface area (Å²) in [7, 11) is 0. The van der Waals surface area contributed by atoms with E-state index in [2.05, 4.69) is 0 Å². The van der Waals surface area contributed by atoms with Crippen LogP contribution in [-0.2, 0) is 14.3 Å². The number of hydrogen-bond acceptors (Lipinski definition) is 5. The average Bonchev–Trinajstić information content (AvgIpc) is 3.22. The van der Waals surface area contributed by atoms with Crippen molar-refractivity contribution in [1.82, 2.24) is 9.47 Å². The third-order valence-electron chi connectivity index (χ3n) is 7.21. The SMILES string of the molecule is CCO[C@H]1OC(C(=O)N2CCCCCCC2)=C[C@@H](c2cn(C(C)=O)c3ccccc23)[C@@H]1CCCO. The number of amides is 1. The first-order chi connectivity index (χ1) is 17.0. The number of carbonyl (C=O) groups is 2. The molecule has 190 valence electrons. The van der Waals surface area contributed by atoms with Crippen LogP contribution in [0.2, 0.25) is 0 Å². The third-order valence-corrected chi connectivity index (χ3v) is 7.21. The van der Waals surface area contributed by atoms with Crippen molar-refractivity contribution in [3.8, 4) is 0 Å². The molecule has 7 heteroatoms. The molecule has 2 aromatic rings. The van der Waals surface area contributed by atoms with Crippen molar-refractivity contribution in [2.45, 2.75) is 71.0 Å². The molecular weight excluding hydrogens is 444 g/mol. The van der Waals surface area contributed by atoms with Gasteiger partial charge in [-0.1, -0.05) is 37.5 Å². The largest absolute Gasteiger partial charge is 0.459 e. The predicted molar refractivity (Wildman–Crippen MR) is 135 cm³/mol. The second-order valence-electron chi connectivity index (χ2n) is 9.58. The summed E-state index contributed by atoms with van der Waals surface area (Å²) in [5, 5.41) is 10.6. The Kier molecular flexibility index (Phi) is 8.63. The number of benzene rings is 1. The van der Waals surface area contributed by atoms with E-state index in [4.69, 9.17) is 9.47 Å². The van der Waals surface area contributed by atoms with Gasteiger partial charge in [0.2, 0.25) is 12.2 Å². The maximum Gasteiger partial charge on any atom is 0.288 e. The first kappa shape index (κ1) is 25.5. The number of aliphatic hydroxyl groups is 1. The molecule has 3 heterocycles. The second-order valence-corrected chi connectivity index (χ2v) is 9.58. The monoisotopic (exact) mass is 482 g/mol. The Hall–Kier alpha value is -2.64. The van der Waals surface area contributed by atoms with Gasteiger partial charge in [-0.3, -0.25) is 14.2 Å². The quantitative estimate of drug-likeness (QED) is 0.611. The van der Waals surface area contributed by atoms with Gasteiger partial charge in [0.1, 0.15) is 0 Å². The summed E-state index contributed by atoms with van der Waals surface area (Å²) in [6.45, 7) is 5.47. The van der Waals surface area contributed by atoms with Crippen LogP contribution in [0.5, 0.6) is 0 Å². The lowest BCUT2D eigenvalue weighted by Gasteiger charge is -2.38. The molecule has 1 N–H and O–H groups in total. The minimum atomic E-state index is -0.602. The van der Waals surface area contributed by atoms with Gasteiger partial charge in [0, 0.05) is 56.6 Å². The topological polar surface area (TPSA) is 81.0 Å². The zero-order chi connectivity index (χ0) is 24.8. The van der Waals surface area contributed by atoms with Gasteiger partial charge in [-0.05, 0) is 50.3 Å². The van der Waals surface area contributed by atoms with Gasteiger partial charge in [-0.15, -0.1) is 0 Å². The molecular formula is C28H38N2O5. The zero-order valence-corrected chi connectivity index (χ0v) is 20.9. The van der Waals surface area contributed by atoms with E-state index in [1.807, 2.05) is 48.4 Å². The Morgan fingerprint density at radius 3 is 2.51 bits per heavy atom. The minimum Gasteiger partial charge on any atom is -0.459 e. The fraction of sp³-hybridized carbons (Fsp3) is 0.571. The summed E-state index contributed by atoms with van der Waals surface area (Å²) in [5.74, 6) is -0.108. The number of para-hydroxylation sites is 1. The lowest BCUT2D eigenvalue weighted by Crippen LogP contribution is -2.41. The molecule has 0 spiro atoms. The van der Waals surface area contributed by atoms with E-state index in [0.717, 1.165) is 55.2 Å². The molecule has 2 aliphatic rings. The van der Waals surface area contributed by atoms with E-state index in [0.29, 0.717) is 25.2 Å². The smallest absolute Gasteiger partial charge is 0.288 e. The van der Waals surface area contributed by atoms with Crippen molar-refractivity contribution in [2.75, 3.05) is 26.3 Å². The maximum absolute atomic E-state index is 13.6. The average molecular weight is 483 g/mol. The molecule has 0 unspecified atom stereocenters. The number of rotatable bonds is 7. The number of ether oxygens (including phenoxy) is 2. The van der Waals surface area contributed by atoms with Gasteiger partial charge in [-0.25, -0.2) is 0 Å². The number of nitrogens with zero attached hydrogens (tertiary/aromatic N) is 2. The molecule has 1 aromatic carbocycles. The molecule has 2 aliphatic heterocycles. The molecule has 1 aromatic heterocycles. The highest BCUT2D eigenvalue weighted by molar-refractivity contribution is 5.95. The summed E-state index contributed by atoms with van der Waals surface area (Å²) in [4.78, 5) is 28.0. The molecule has 1 fully saturated rings. The molecule has 1 saturated heterocycles. The first-order valence-corrected chi connectivity index (χ1v) is 13.1. The molecule has 0 radical (unpaired) electrons. The number of likely N-dealkylation sites (tertiary alicyclic amines) is 1. The van der Waals surface area contributed by atoms with Crippen LogP contribution in [0.1, 0.15) is 75.1 Å². The highest BCUT2D eigenvalue weighted by Gasteiger charge is 2.40. The van der Waals surface area contributed by atoms with E-state index < -0.39 is 6.29 Å². The molecule has 0 bridgehead atoms. The van der Waals surface area contributed by atoms with Gasteiger partial charge in [0.25, 0.3) is 5.91 Å². The van der Waals surface area contributed by atoms with E-state index in [1.165, 1.54) is 6.42 Å². The van der Waals surface area contributed by atoms with E-state index >= 15 is 0 Å². The third kappa shape index (κ3) is 5.62. The van der Waals surface area contributed by atoms with Crippen molar-refractivity contribution in [3.63, 3.8) is 0 Å². The number of fused-ring (bicyclic) bond motifs is 1. The Morgan fingerprint density at radius 2 is 1.83 bits per heavy atom. The summed E-state index contributed by atoms with van der Waals surface area (Å²) in [6.07, 6.45) is 10.0. The first-order valence-electron chi connectivity index (χ1n) is 13.1. The molecule has 4 rings (SSSR count). The lowest BCUT2D eigenvalue weighted by atomic mass is 9.80. The fourth-order valence-corrected chi connectivity index (χ4v) is 5.45. The van der Waals surface area contributed by atoms with Crippen LogP contribution in [-0.4, -0.2) is 59.0 Å². The number of carbonyl (C=O) groups excluding carboxylic acids is 2. The van der Waals surface area contributed by atoms with Crippen LogP contribution < -0.4 is 0 Å². The summed E-state index contributed by atoms with van der Waals surface area (Å²) >= 11 is 0. The normalized spacial score (nSPS) is 23.3. The van der Waals surface area contributed by atoms with E-state index in [-0.39, 0.29) is 30.3 Å². The summed E-state index contributed by atoms with van der Waals surface area (Å²) < 4.78 is 13.9. The van der Waals surface area contributed by atoms with Gasteiger partial charge in [0.05, 0.1) is 5.52 Å². The lowest BCUT2D eigenvalue weighted by molar-refractivity contribution is -0.170. The van der Waals surface area contributed by atoms with Gasteiger partial charge < -0.3 is 19.5 Å². The van der Waals surface area contributed by atoms with Crippen LogP contribution >= 0.6 is 0 Å². The second kappa shape index (κ2) is 11.9. The summed E-state index contributed by atoms with van der Waals surface area (Å²) in [6, 6.07) is 7.85. The highest BCUT2D eigenvalue weighted by atomic mass is 16.7. The minimum absolute atomic E-state index is 0.0614. The van der Waals surface area contributed by atoms with Gasteiger partial charge >= 0.3 is 0 Å². The van der Waals surface area contributed by atoms with Crippen LogP contribution in [0.3, 0.4) is 0 Å². The highest BCUT2D eigenvalue weighted by Crippen LogP contribution is 2.42. The van der Waals surface area contributed by atoms with Crippen molar-refractivity contribution in [2.24, 2.45) is 5.92 Å². The fourth-order valence-electron chi connectivity index (χ4n) is 5.45. The van der Waals surface area contributed by atoms with Crippen molar-refractivity contribution in [3.05, 3.63) is 47.9 Å². The van der Waals surface area contributed by atoms with Crippen LogP contribution in [0, 0.1) is 5.92 Å². The predicted octanol–water partition coefficient (Wildman–Crippen LogP) is 4.84. The van der Waals surface area contributed by atoms with E-state index in [9.17, 15) is 14.7 Å². The van der Waals surface area contributed by atoms with Crippen molar-refractivity contribution >= 4 is 22.7 Å². The van der Waals surface area contributed by atoms with Gasteiger partial charge in [-0.2, -0.15) is 0 Å². The van der Waals surface area contributed by atoms with Crippen LogP contribution in [0.4, 0.5) is 0 Å². The van der Waals surface area contributed by atoms with E-state index in [1.54, 1.807) is 11.5 Å². The number of hydrogen-bond donors (Lipinski definition) is 1. The number of aliphatic hydroxyl groups excluding tert-OH is 1. The Morgan fingerprint density at radius 1 is 1.11 bits per heavy atom. The van der Waals surface area contributed by atoms with Crippen LogP contribution in [0.15, 0.2) is 42.3 Å². The Labute approximate surface area is 207 Å². The Bertz CT molecular complexity index is 1050. The number of aromatic nitrogens is 1. The molecule has 0 saturated carbocycles. The molecule has 3 atom stereocenters.